The molecule has 0 bridgehead atoms. The molecule has 3 aromatic rings. The first-order chi connectivity index (χ1) is 10.2. The van der Waals surface area contributed by atoms with Gasteiger partial charge >= 0.3 is 0 Å². The smallest absolute Gasteiger partial charge is 0.0931 e. The number of thiophene rings is 1. The molecule has 0 fully saturated rings. The summed E-state index contributed by atoms with van der Waals surface area (Å²) in [4.78, 5) is 1.17. The third kappa shape index (κ3) is 3.63. The zero-order valence-corrected chi connectivity index (χ0v) is 13.0. The molecule has 1 unspecified atom stereocenters. The molecule has 4 heteroatoms. The van der Waals surface area contributed by atoms with Gasteiger partial charge in [-0.3, -0.25) is 0 Å². The highest BCUT2D eigenvalue weighted by Crippen LogP contribution is 2.22. The van der Waals surface area contributed by atoms with Crippen LogP contribution in [0.1, 0.15) is 16.5 Å². The standard InChI is InChI=1S/C17H16ClNOS/c18-17-8-7-15(21-17)10-19-11-16(20)14-6-5-12-3-1-2-4-13(12)9-14/h1-9,16,19-20H,10-11H2. The van der Waals surface area contributed by atoms with Gasteiger partial charge in [-0.2, -0.15) is 0 Å². The highest BCUT2D eigenvalue weighted by atomic mass is 35.5. The lowest BCUT2D eigenvalue weighted by molar-refractivity contribution is 0.174. The van der Waals surface area contributed by atoms with Crippen molar-refractivity contribution >= 4 is 33.7 Å². The number of fused-ring (bicyclic) bond motifs is 1. The molecule has 0 aliphatic rings. The molecule has 0 spiro atoms. The Bertz CT molecular complexity index is 740. The summed E-state index contributed by atoms with van der Waals surface area (Å²) in [6.07, 6.45) is -0.509. The van der Waals surface area contributed by atoms with Crippen molar-refractivity contribution in [1.82, 2.24) is 5.32 Å². The van der Waals surface area contributed by atoms with E-state index in [1.165, 1.54) is 10.3 Å². The van der Waals surface area contributed by atoms with Crippen LogP contribution in [-0.2, 0) is 6.54 Å². The normalized spacial score (nSPS) is 12.7. The Kier molecular flexibility index (Phi) is 4.56. The fraction of sp³-hybridized carbons (Fsp3) is 0.176. The van der Waals surface area contributed by atoms with Crippen molar-refractivity contribution in [3.63, 3.8) is 0 Å². The van der Waals surface area contributed by atoms with E-state index in [0.29, 0.717) is 6.54 Å². The molecule has 0 radical (unpaired) electrons. The molecule has 21 heavy (non-hydrogen) atoms. The lowest BCUT2D eigenvalue weighted by atomic mass is 10.0. The van der Waals surface area contributed by atoms with Crippen molar-refractivity contribution in [3.8, 4) is 0 Å². The second kappa shape index (κ2) is 6.58. The van der Waals surface area contributed by atoms with Crippen LogP contribution in [0.15, 0.2) is 54.6 Å². The summed E-state index contributed by atoms with van der Waals surface area (Å²) >= 11 is 7.45. The Morgan fingerprint density at radius 3 is 2.62 bits per heavy atom. The molecule has 0 aliphatic heterocycles. The van der Waals surface area contributed by atoms with Gasteiger partial charge in [-0.1, -0.05) is 48.0 Å². The predicted octanol–water partition coefficient (Wildman–Crippen LogP) is 4.38. The Morgan fingerprint density at radius 2 is 1.86 bits per heavy atom. The minimum absolute atomic E-state index is 0.509. The van der Waals surface area contributed by atoms with Gasteiger partial charge in [0, 0.05) is 18.0 Å². The molecule has 1 heterocycles. The first kappa shape index (κ1) is 14.5. The fourth-order valence-electron chi connectivity index (χ4n) is 2.31. The molecule has 2 N–H and O–H groups in total. The number of rotatable bonds is 5. The van der Waals surface area contributed by atoms with E-state index < -0.39 is 6.10 Å². The zero-order valence-electron chi connectivity index (χ0n) is 11.4. The first-order valence-electron chi connectivity index (χ1n) is 6.84. The minimum Gasteiger partial charge on any atom is -0.387 e. The van der Waals surface area contributed by atoms with Gasteiger partial charge in [0.2, 0.25) is 0 Å². The van der Waals surface area contributed by atoms with Crippen molar-refractivity contribution in [3.05, 3.63) is 69.4 Å². The molecular weight excluding hydrogens is 302 g/mol. The Balaban J connectivity index is 1.62. The summed E-state index contributed by atoms with van der Waals surface area (Å²) in [5, 5.41) is 15.9. The second-order valence-corrected chi connectivity index (χ2v) is 6.76. The van der Waals surface area contributed by atoms with Crippen LogP contribution >= 0.6 is 22.9 Å². The number of nitrogens with one attached hydrogen (secondary N) is 1. The Labute approximate surface area is 133 Å². The van der Waals surface area contributed by atoms with Crippen molar-refractivity contribution in [2.24, 2.45) is 0 Å². The lowest BCUT2D eigenvalue weighted by Gasteiger charge is -2.12. The van der Waals surface area contributed by atoms with E-state index in [-0.39, 0.29) is 0 Å². The molecule has 1 atom stereocenters. The van der Waals surface area contributed by atoms with Gasteiger partial charge in [0.15, 0.2) is 0 Å². The number of aliphatic hydroxyl groups excluding tert-OH is 1. The van der Waals surface area contributed by atoms with E-state index in [2.05, 4.69) is 17.4 Å². The highest BCUT2D eigenvalue weighted by molar-refractivity contribution is 7.16. The van der Waals surface area contributed by atoms with Crippen LogP contribution in [0.3, 0.4) is 0 Å². The van der Waals surface area contributed by atoms with Crippen LogP contribution < -0.4 is 5.32 Å². The van der Waals surface area contributed by atoms with Crippen molar-refractivity contribution < 1.29 is 5.11 Å². The highest BCUT2D eigenvalue weighted by Gasteiger charge is 2.08. The first-order valence-corrected chi connectivity index (χ1v) is 8.03. The molecule has 0 amide bonds. The summed E-state index contributed by atoms with van der Waals surface area (Å²) in [5.41, 5.74) is 0.936. The SMILES string of the molecule is OC(CNCc1ccc(Cl)s1)c1ccc2ccccc2c1. The lowest BCUT2D eigenvalue weighted by Crippen LogP contribution is -2.20. The average Bonchev–Trinajstić information content (AvgIpc) is 2.92. The topological polar surface area (TPSA) is 32.3 Å². The van der Waals surface area contributed by atoms with Gasteiger partial charge in [-0.15, -0.1) is 11.3 Å². The van der Waals surface area contributed by atoms with E-state index >= 15 is 0 Å². The summed E-state index contributed by atoms with van der Waals surface area (Å²) in [5.74, 6) is 0. The summed E-state index contributed by atoms with van der Waals surface area (Å²) in [6, 6.07) is 18.1. The summed E-state index contributed by atoms with van der Waals surface area (Å²) < 4.78 is 0.793. The van der Waals surface area contributed by atoms with Gasteiger partial charge in [0.05, 0.1) is 10.4 Å². The summed E-state index contributed by atoms with van der Waals surface area (Å²) in [6.45, 7) is 1.25. The predicted molar refractivity (Wildman–Crippen MR) is 89.9 cm³/mol. The second-order valence-electron chi connectivity index (χ2n) is 4.96. The quantitative estimate of drug-likeness (QED) is 0.732. The van der Waals surface area contributed by atoms with Crippen molar-refractivity contribution in [1.29, 1.82) is 0 Å². The maximum absolute atomic E-state index is 10.3. The molecule has 1 aromatic heterocycles. The fourth-order valence-corrected chi connectivity index (χ4v) is 3.37. The number of hydrogen-bond acceptors (Lipinski definition) is 3. The van der Waals surface area contributed by atoms with E-state index in [4.69, 9.17) is 11.6 Å². The molecule has 3 rings (SSSR count). The maximum Gasteiger partial charge on any atom is 0.0931 e. The number of aliphatic hydroxyl groups is 1. The zero-order chi connectivity index (χ0) is 14.7. The number of benzene rings is 2. The molecule has 108 valence electrons. The van der Waals surface area contributed by atoms with Gasteiger partial charge in [0.1, 0.15) is 0 Å². The molecular formula is C17H16ClNOS. The van der Waals surface area contributed by atoms with Crippen molar-refractivity contribution in [2.75, 3.05) is 6.54 Å². The van der Waals surface area contributed by atoms with Crippen LogP contribution in [0.4, 0.5) is 0 Å². The molecule has 0 saturated heterocycles. The largest absolute Gasteiger partial charge is 0.387 e. The van der Waals surface area contributed by atoms with Crippen LogP contribution in [0, 0.1) is 0 Å². The van der Waals surface area contributed by atoms with E-state index in [1.807, 2.05) is 42.5 Å². The minimum atomic E-state index is -0.509. The van der Waals surface area contributed by atoms with Gasteiger partial charge in [-0.25, -0.2) is 0 Å². The van der Waals surface area contributed by atoms with Gasteiger partial charge in [-0.05, 0) is 34.5 Å². The average molecular weight is 318 g/mol. The van der Waals surface area contributed by atoms with Gasteiger partial charge in [0.25, 0.3) is 0 Å². The number of halogens is 1. The van der Waals surface area contributed by atoms with Crippen LogP contribution in [0.25, 0.3) is 10.8 Å². The van der Waals surface area contributed by atoms with E-state index in [0.717, 1.165) is 21.8 Å². The molecule has 0 saturated carbocycles. The van der Waals surface area contributed by atoms with Crippen LogP contribution in [0.5, 0.6) is 0 Å². The van der Waals surface area contributed by atoms with Crippen molar-refractivity contribution in [2.45, 2.75) is 12.6 Å². The Morgan fingerprint density at radius 1 is 1.05 bits per heavy atom. The van der Waals surface area contributed by atoms with Gasteiger partial charge < -0.3 is 10.4 Å². The van der Waals surface area contributed by atoms with Crippen LogP contribution in [0.2, 0.25) is 4.34 Å². The molecule has 0 aliphatic carbocycles. The monoisotopic (exact) mass is 317 g/mol. The third-order valence-electron chi connectivity index (χ3n) is 3.42. The molecule has 2 aromatic carbocycles. The molecule has 2 nitrogen and oxygen atoms in total. The van der Waals surface area contributed by atoms with E-state index in [1.54, 1.807) is 11.3 Å². The Hall–Kier alpha value is -1.39. The third-order valence-corrected chi connectivity index (χ3v) is 4.66. The maximum atomic E-state index is 10.3. The summed E-state index contributed by atoms with van der Waals surface area (Å²) in [7, 11) is 0. The number of hydrogen-bond donors (Lipinski definition) is 2. The van der Waals surface area contributed by atoms with E-state index in [9.17, 15) is 5.11 Å². The van der Waals surface area contributed by atoms with Crippen LogP contribution in [-0.4, -0.2) is 11.7 Å².